The van der Waals surface area contributed by atoms with Crippen LogP contribution in [0.2, 0.25) is 0 Å². The number of carbonyl (C=O) groups excluding carboxylic acids is 1. The zero-order valence-corrected chi connectivity index (χ0v) is 10.5. The van der Waals surface area contributed by atoms with Gasteiger partial charge in [0.05, 0.1) is 0 Å². The van der Waals surface area contributed by atoms with Crippen LogP contribution in [-0.2, 0) is 9.53 Å². The Balaban J connectivity index is 1.61. The zero-order valence-electron chi connectivity index (χ0n) is 9.72. The van der Waals surface area contributed by atoms with Crippen LogP contribution in [-0.4, -0.2) is 30.9 Å². The average molecular weight is 251 g/mol. The van der Waals surface area contributed by atoms with E-state index in [1.165, 1.54) is 4.90 Å². The normalized spacial score (nSPS) is 19.2. The van der Waals surface area contributed by atoms with Gasteiger partial charge in [-0.1, -0.05) is 18.2 Å². The minimum absolute atomic E-state index is 0.0381. The van der Waals surface area contributed by atoms with Crippen LogP contribution in [0, 0.1) is 0 Å². The molecule has 1 heterocycles. The molecule has 3 nitrogen and oxygen atoms in total. The van der Waals surface area contributed by atoms with Crippen molar-refractivity contribution in [1.29, 1.82) is 0 Å². The molecule has 1 fully saturated rings. The lowest BCUT2D eigenvalue weighted by Gasteiger charge is -2.09. The van der Waals surface area contributed by atoms with E-state index in [-0.39, 0.29) is 12.0 Å². The van der Waals surface area contributed by atoms with Gasteiger partial charge >= 0.3 is 0 Å². The molecule has 2 rings (SSSR count). The number of carbonyl (C=O) groups is 1. The summed E-state index contributed by atoms with van der Waals surface area (Å²) in [6, 6.07) is 10.2. The number of hydrogen-bond donors (Lipinski definition) is 1. The molecule has 1 aromatic rings. The lowest BCUT2D eigenvalue weighted by molar-refractivity contribution is -0.129. The van der Waals surface area contributed by atoms with E-state index in [4.69, 9.17) is 4.74 Å². The molecule has 1 aliphatic rings. The summed E-state index contributed by atoms with van der Waals surface area (Å²) in [5.41, 5.74) is 0. The third kappa shape index (κ3) is 4.06. The van der Waals surface area contributed by atoms with Gasteiger partial charge in [-0.25, -0.2) is 0 Å². The van der Waals surface area contributed by atoms with E-state index in [1.807, 2.05) is 18.2 Å². The van der Waals surface area contributed by atoms with E-state index in [0.29, 0.717) is 6.54 Å². The summed E-state index contributed by atoms with van der Waals surface area (Å²) in [5, 5.41) is 2.91. The van der Waals surface area contributed by atoms with E-state index < -0.39 is 0 Å². The van der Waals surface area contributed by atoms with Crippen LogP contribution in [0.1, 0.15) is 12.8 Å². The molecular weight excluding hydrogens is 234 g/mol. The molecule has 0 saturated carbocycles. The van der Waals surface area contributed by atoms with Crippen LogP contribution < -0.4 is 5.32 Å². The van der Waals surface area contributed by atoms with Crippen LogP contribution in [0.5, 0.6) is 0 Å². The van der Waals surface area contributed by atoms with Gasteiger partial charge in [0.1, 0.15) is 6.10 Å². The van der Waals surface area contributed by atoms with Crippen LogP contribution in [0.15, 0.2) is 35.2 Å². The Kier molecular flexibility index (Phi) is 4.88. The second-order valence-electron chi connectivity index (χ2n) is 3.95. The highest BCUT2D eigenvalue weighted by molar-refractivity contribution is 7.99. The topological polar surface area (TPSA) is 38.3 Å². The summed E-state index contributed by atoms with van der Waals surface area (Å²) in [6.07, 6.45) is 1.64. The predicted octanol–water partition coefficient (Wildman–Crippen LogP) is 2.07. The van der Waals surface area contributed by atoms with Crippen LogP contribution >= 0.6 is 11.8 Å². The van der Waals surface area contributed by atoms with Gasteiger partial charge in [-0.15, -0.1) is 11.8 Å². The highest BCUT2D eigenvalue weighted by Crippen LogP contribution is 2.16. The number of ether oxygens (including phenoxy) is 1. The van der Waals surface area contributed by atoms with Gasteiger partial charge in [0, 0.05) is 23.8 Å². The van der Waals surface area contributed by atoms with Gasteiger partial charge in [0.25, 0.3) is 0 Å². The molecule has 0 radical (unpaired) electrons. The van der Waals surface area contributed by atoms with Gasteiger partial charge in [0.15, 0.2) is 0 Å². The fourth-order valence-corrected chi connectivity index (χ4v) is 2.55. The Hall–Kier alpha value is -1.00. The molecule has 0 bridgehead atoms. The molecule has 0 aromatic heterocycles. The number of rotatable bonds is 5. The van der Waals surface area contributed by atoms with Gasteiger partial charge < -0.3 is 10.1 Å². The van der Waals surface area contributed by atoms with E-state index in [2.05, 4.69) is 17.4 Å². The first-order chi connectivity index (χ1) is 8.36. The Bertz CT molecular complexity index is 350. The van der Waals surface area contributed by atoms with Crippen molar-refractivity contribution in [3.05, 3.63) is 30.3 Å². The van der Waals surface area contributed by atoms with Crippen LogP contribution in [0.3, 0.4) is 0 Å². The summed E-state index contributed by atoms with van der Waals surface area (Å²) in [7, 11) is 0. The zero-order chi connectivity index (χ0) is 11.9. The van der Waals surface area contributed by atoms with Crippen molar-refractivity contribution in [2.75, 3.05) is 18.9 Å². The Morgan fingerprint density at radius 1 is 1.41 bits per heavy atom. The lowest BCUT2D eigenvalue weighted by Crippen LogP contribution is -2.35. The molecule has 1 saturated heterocycles. The molecular formula is C13H17NO2S. The fraction of sp³-hybridized carbons (Fsp3) is 0.462. The number of amides is 1. The van der Waals surface area contributed by atoms with Crippen molar-refractivity contribution < 1.29 is 9.53 Å². The smallest absolute Gasteiger partial charge is 0.249 e. The number of hydrogen-bond acceptors (Lipinski definition) is 3. The van der Waals surface area contributed by atoms with Gasteiger partial charge in [-0.3, -0.25) is 4.79 Å². The summed E-state index contributed by atoms with van der Waals surface area (Å²) in [4.78, 5) is 12.8. The minimum atomic E-state index is -0.211. The van der Waals surface area contributed by atoms with E-state index >= 15 is 0 Å². The standard InChI is InChI=1S/C13H17NO2S/c15-13(12-7-4-9-16-12)14-8-10-17-11-5-2-1-3-6-11/h1-3,5-6,12H,4,7-10H2,(H,14,15)/t12-/m0/s1. The molecule has 1 atom stereocenters. The maximum Gasteiger partial charge on any atom is 0.249 e. The second-order valence-corrected chi connectivity index (χ2v) is 5.12. The average Bonchev–Trinajstić information content (AvgIpc) is 2.89. The third-order valence-electron chi connectivity index (χ3n) is 2.64. The van der Waals surface area contributed by atoms with Crippen molar-refractivity contribution in [2.45, 2.75) is 23.8 Å². The maximum absolute atomic E-state index is 11.6. The summed E-state index contributed by atoms with van der Waals surface area (Å²) < 4.78 is 5.31. The van der Waals surface area contributed by atoms with Crippen molar-refractivity contribution in [3.8, 4) is 0 Å². The van der Waals surface area contributed by atoms with Crippen molar-refractivity contribution in [1.82, 2.24) is 5.32 Å². The van der Waals surface area contributed by atoms with Crippen LogP contribution in [0.4, 0.5) is 0 Å². The first-order valence-corrected chi connectivity index (χ1v) is 6.92. The predicted molar refractivity (Wildman–Crippen MR) is 69.1 cm³/mol. The minimum Gasteiger partial charge on any atom is -0.368 e. The Morgan fingerprint density at radius 2 is 2.24 bits per heavy atom. The molecule has 4 heteroatoms. The molecule has 0 unspecified atom stereocenters. The quantitative estimate of drug-likeness (QED) is 0.643. The summed E-state index contributed by atoms with van der Waals surface area (Å²) in [5.74, 6) is 0.929. The lowest BCUT2D eigenvalue weighted by atomic mass is 10.2. The molecule has 92 valence electrons. The first-order valence-electron chi connectivity index (χ1n) is 5.93. The maximum atomic E-state index is 11.6. The number of thioether (sulfide) groups is 1. The van der Waals surface area contributed by atoms with Gasteiger partial charge in [-0.05, 0) is 25.0 Å². The molecule has 1 aliphatic heterocycles. The number of benzene rings is 1. The Morgan fingerprint density at radius 3 is 2.94 bits per heavy atom. The van der Waals surface area contributed by atoms with E-state index in [0.717, 1.165) is 25.2 Å². The molecule has 1 amide bonds. The molecule has 17 heavy (non-hydrogen) atoms. The molecule has 0 aliphatic carbocycles. The van der Waals surface area contributed by atoms with E-state index in [9.17, 15) is 4.79 Å². The highest BCUT2D eigenvalue weighted by Gasteiger charge is 2.22. The van der Waals surface area contributed by atoms with Crippen molar-refractivity contribution >= 4 is 17.7 Å². The monoisotopic (exact) mass is 251 g/mol. The first kappa shape index (κ1) is 12.5. The highest BCUT2D eigenvalue weighted by atomic mass is 32.2. The number of nitrogens with one attached hydrogen (secondary N) is 1. The third-order valence-corrected chi connectivity index (χ3v) is 3.65. The van der Waals surface area contributed by atoms with Gasteiger partial charge in [-0.2, -0.15) is 0 Å². The molecule has 0 spiro atoms. The fourth-order valence-electron chi connectivity index (χ4n) is 1.76. The molecule has 1 aromatic carbocycles. The largest absolute Gasteiger partial charge is 0.368 e. The summed E-state index contributed by atoms with van der Waals surface area (Å²) in [6.45, 7) is 1.41. The van der Waals surface area contributed by atoms with Crippen molar-refractivity contribution in [2.24, 2.45) is 0 Å². The summed E-state index contributed by atoms with van der Waals surface area (Å²) >= 11 is 1.75. The van der Waals surface area contributed by atoms with Crippen molar-refractivity contribution in [3.63, 3.8) is 0 Å². The van der Waals surface area contributed by atoms with E-state index in [1.54, 1.807) is 11.8 Å². The van der Waals surface area contributed by atoms with Gasteiger partial charge in [0.2, 0.25) is 5.91 Å². The molecule has 1 N–H and O–H groups in total. The second kappa shape index (κ2) is 6.67. The van der Waals surface area contributed by atoms with Crippen LogP contribution in [0.25, 0.3) is 0 Å². The SMILES string of the molecule is O=C(NCCSc1ccccc1)[C@@H]1CCCO1. The Labute approximate surface area is 106 Å².